The number of rotatable bonds is 3. The van der Waals surface area contributed by atoms with Gasteiger partial charge in [-0.1, -0.05) is 19.8 Å². The zero-order valence-electron chi connectivity index (χ0n) is 12.6. The quantitative estimate of drug-likeness (QED) is 0.823. The maximum absolute atomic E-state index is 11.4. The Morgan fingerprint density at radius 2 is 1.95 bits per heavy atom. The number of hydrogen-bond acceptors (Lipinski definition) is 3. The fraction of sp³-hybridized carbons (Fsp3) is 1.00. The van der Waals surface area contributed by atoms with Crippen molar-refractivity contribution >= 4 is 0 Å². The highest BCUT2D eigenvalue weighted by molar-refractivity contribution is 5.10. The number of aliphatic hydroxyl groups is 1. The van der Waals surface area contributed by atoms with Crippen LogP contribution in [-0.2, 0) is 0 Å². The van der Waals surface area contributed by atoms with Gasteiger partial charge in [-0.25, -0.2) is 0 Å². The molecule has 1 heterocycles. The van der Waals surface area contributed by atoms with Gasteiger partial charge in [0.2, 0.25) is 0 Å². The summed E-state index contributed by atoms with van der Waals surface area (Å²) in [6.45, 7) is 6.12. The predicted octanol–water partition coefficient (Wildman–Crippen LogP) is 2.13. The van der Waals surface area contributed by atoms with Gasteiger partial charge in [0.05, 0.1) is 5.60 Å². The maximum Gasteiger partial charge on any atom is 0.0857 e. The number of hydrogen-bond donors (Lipinski definition) is 2. The largest absolute Gasteiger partial charge is 0.388 e. The molecule has 0 radical (unpaired) electrons. The molecule has 0 amide bonds. The van der Waals surface area contributed by atoms with Crippen LogP contribution in [0.1, 0.15) is 58.8 Å². The van der Waals surface area contributed by atoms with Crippen LogP contribution in [0.15, 0.2) is 0 Å². The second-order valence-corrected chi connectivity index (χ2v) is 7.67. The molecule has 0 aromatic heterocycles. The van der Waals surface area contributed by atoms with E-state index in [4.69, 9.17) is 5.73 Å². The van der Waals surface area contributed by atoms with Crippen molar-refractivity contribution in [3.05, 3.63) is 0 Å². The molecule has 0 aromatic carbocycles. The van der Waals surface area contributed by atoms with Crippen molar-refractivity contribution in [3.63, 3.8) is 0 Å². The Bertz CT molecular complexity index is 344. The predicted molar refractivity (Wildman–Crippen MR) is 77.9 cm³/mol. The Labute approximate surface area is 117 Å². The summed E-state index contributed by atoms with van der Waals surface area (Å²) in [4.78, 5) is 2.55. The van der Waals surface area contributed by atoms with Gasteiger partial charge in [0.15, 0.2) is 0 Å². The molecule has 2 saturated carbocycles. The highest BCUT2D eigenvalue weighted by Gasteiger charge is 2.57. The molecule has 3 N–H and O–H groups in total. The number of β-amino-alcohol motifs (C(OH)–C–C–N with tert-alkyl or cyclic N) is 1. The summed E-state index contributed by atoms with van der Waals surface area (Å²) in [6, 6.07) is 1.28. The van der Waals surface area contributed by atoms with Crippen LogP contribution in [0.3, 0.4) is 0 Å². The highest BCUT2D eigenvalue weighted by Crippen LogP contribution is 2.52. The van der Waals surface area contributed by atoms with Gasteiger partial charge in [-0.3, -0.25) is 4.90 Å². The van der Waals surface area contributed by atoms with Gasteiger partial charge in [0, 0.05) is 30.6 Å². The molecule has 3 fully saturated rings. The lowest BCUT2D eigenvalue weighted by Gasteiger charge is -2.49. The fourth-order valence-corrected chi connectivity index (χ4v) is 4.87. The summed E-state index contributed by atoms with van der Waals surface area (Å²) in [7, 11) is 0. The molecule has 1 aliphatic heterocycles. The average Bonchev–Trinajstić information content (AvgIpc) is 3.15. The van der Waals surface area contributed by atoms with E-state index < -0.39 is 5.60 Å². The van der Waals surface area contributed by atoms with Crippen LogP contribution in [0.4, 0.5) is 0 Å². The van der Waals surface area contributed by atoms with E-state index in [1.807, 2.05) is 0 Å². The second-order valence-electron chi connectivity index (χ2n) is 7.67. The van der Waals surface area contributed by atoms with Crippen molar-refractivity contribution in [3.8, 4) is 0 Å². The molecule has 4 unspecified atom stereocenters. The van der Waals surface area contributed by atoms with E-state index in [2.05, 4.69) is 18.7 Å². The molecule has 0 spiro atoms. The minimum atomic E-state index is -0.543. The van der Waals surface area contributed by atoms with Crippen molar-refractivity contribution < 1.29 is 5.11 Å². The van der Waals surface area contributed by atoms with Crippen molar-refractivity contribution in [2.75, 3.05) is 13.1 Å². The van der Waals surface area contributed by atoms with Crippen LogP contribution in [0.25, 0.3) is 0 Å². The summed E-state index contributed by atoms with van der Waals surface area (Å²) in [5.74, 6) is 0.714. The van der Waals surface area contributed by atoms with E-state index in [1.165, 1.54) is 25.7 Å². The van der Waals surface area contributed by atoms with Gasteiger partial charge in [0.25, 0.3) is 0 Å². The van der Waals surface area contributed by atoms with Gasteiger partial charge in [-0.15, -0.1) is 0 Å². The molecule has 2 aliphatic carbocycles. The molecular formula is C16H30N2O. The average molecular weight is 266 g/mol. The van der Waals surface area contributed by atoms with Crippen LogP contribution < -0.4 is 5.73 Å². The van der Waals surface area contributed by atoms with E-state index in [0.717, 1.165) is 31.8 Å². The lowest BCUT2D eigenvalue weighted by molar-refractivity contribution is -0.0992. The Morgan fingerprint density at radius 3 is 2.53 bits per heavy atom. The molecule has 3 rings (SSSR count). The molecular weight excluding hydrogens is 236 g/mol. The highest BCUT2D eigenvalue weighted by atomic mass is 16.3. The third kappa shape index (κ3) is 2.24. The molecule has 19 heavy (non-hydrogen) atoms. The zero-order valence-corrected chi connectivity index (χ0v) is 12.6. The Balaban J connectivity index is 1.81. The van der Waals surface area contributed by atoms with Gasteiger partial charge >= 0.3 is 0 Å². The first kappa shape index (κ1) is 13.8. The smallest absolute Gasteiger partial charge is 0.0857 e. The van der Waals surface area contributed by atoms with Gasteiger partial charge < -0.3 is 10.8 Å². The Hall–Kier alpha value is -0.120. The first-order valence-electron chi connectivity index (χ1n) is 8.18. The minimum absolute atomic E-state index is 0.0252. The van der Waals surface area contributed by atoms with Crippen LogP contribution >= 0.6 is 0 Å². The van der Waals surface area contributed by atoms with E-state index >= 15 is 0 Å². The molecule has 0 aromatic rings. The molecule has 4 atom stereocenters. The van der Waals surface area contributed by atoms with E-state index in [1.54, 1.807) is 0 Å². The summed E-state index contributed by atoms with van der Waals surface area (Å²) >= 11 is 0. The topological polar surface area (TPSA) is 49.5 Å². The summed E-state index contributed by atoms with van der Waals surface area (Å²) < 4.78 is 0. The molecule has 3 nitrogen and oxygen atoms in total. The molecule has 3 heteroatoms. The van der Waals surface area contributed by atoms with Crippen molar-refractivity contribution in [2.45, 2.75) is 76.5 Å². The maximum atomic E-state index is 11.4. The molecule has 110 valence electrons. The number of nitrogens with two attached hydrogens (primary N) is 1. The van der Waals surface area contributed by atoms with Crippen LogP contribution in [0.2, 0.25) is 0 Å². The lowest BCUT2D eigenvalue weighted by atomic mass is 9.60. The zero-order chi connectivity index (χ0) is 13.7. The summed E-state index contributed by atoms with van der Waals surface area (Å²) in [5, 5.41) is 11.4. The molecule has 0 bridgehead atoms. The molecule has 3 aliphatic rings. The monoisotopic (exact) mass is 266 g/mol. The van der Waals surface area contributed by atoms with E-state index in [9.17, 15) is 5.11 Å². The minimum Gasteiger partial charge on any atom is -0.388 e. The standard InChI is InChI=1S/C16H30N2O/c1-12-4-3-7-15(8-12,10-17)16(19)9-13(2)18(11-16)14-5-6-14/h12-14,19H,3-11,17H2,1-2H3. The first-order valence-corrected chi connectivity index (χ1v) is 8.18. The van der Waals surface area contributed by atoms with Crippen molar-refractivity contribution in [1.82, 2.24) is 4.90 Å². The van der Waals surface area contributed by atoms with E-state index in [0.29, 0.717) is 18.5 Å². The lowest BCUT2D eigenvalue weighted by Crippen LogP contribution is -2.56. The van der Waals surface area contributed by atoms with E-state index in [-0.39, 0.29) is 5.41 Å². The van der Waals surface area contributed by atoms with Crippen molar-refractivity contribution in [2.24, 2.45) is 17.1 Å². The third-order valence-corrected chi connectivity index (χ3v) is 6.13. The van der Waals surface area contributed by atoms with Crippen LogP contribution in [0, 0.1) is 11.3 Å². The first-order chi connectivity index (χ1) is 9.00. The molecule has 1 saturated heterocycles. The summed E-state index contributed by atoms with van der Waals surface area (Å²) in [6.07, 6.45) is 8.35. The summed E-state index contributed by atoms with van der Waals surface area (Å²) in [5.41, 5.74) is 5.60. The third-order valence-electron chi connectivity index (χ3n) is 6.13. The second kappa shape index (κ2) is 4.71. The van der Waals surface area contributed by atoms with Gasteiger partial charge in [-0.2, -0.15) is 0 Å². The van der Waals surface area contributed by atoms with Gasteiger partial charge in [0.1, 0.15) is 0 Å². The SMILES string of the molecule is CC1CCCC(CN)(C2(O)CC(C)N(C3CC3)C2)C1. The Morgan fingerprint density at radius 1 is 1.21 bits per heavy atom. The normalized spacial score (nSPS) is 48.6. The Kier molecular flexibility index (Phi) is 3.43. The van der Waals surface area contributed by atoms with Gasteiger partial charge in [-0.05, 0) is 44.9 Å². The fourth-order valence-electron chi connectivity index (χ4n) is 4.87. The van der Waals surface area contributed by atoms with Crippen LogP contribution in [-0.4, -0.2) is 40.8 Å². The van der Waals surface area contributed by atoms with Crippen molar-refractivity contribution in [1.29, 1.82) is 0 Å². The van der Waals surface area contributed by atoms with Crippen LogP contribution in [0.5, 0.6) is 0 Å². The number of likely N-dealkylation sites (tertiary alicyclic amines) is 1. The number of nitrogens with zero attached hydrogens (tertiary/aromatic N) is 1.